The summed E-state index contributed by atoms with van der Waals surface area (Å²) in [5.74, 6) is 0. The van der Waals surface area contributed by atoms with E-state index in [1.165, 1.54) is 30.3 Å². The number of para-hydroxylation sites is 1. The predicted molar refractivity (Wildman–Crippen MR) is 75.9 cm³/mol. The molecule has 0 radical (unpaired) electrons. The zero-order valence-corrected chi connectivity index (χ0v) is 11.1. The molecule has 0 heterocycles. The number of amides is 2. The fourth-order valence-corrected chi connectivity index (χ4v) is 1.81. The lowest BCUT2D eigenvalue weighted by molar-refractivity contribution is -0.136. The third-order valence-electron chi connectivity index (χ3n) is 2.76. The van der Waals surface area contributed by atoms with Gasteiger partial charge in [0.05, 0.1) is 11.3 Å². The number of carbonyl (C=O) groups excluding carboxylic acids is 2. The maximum atomic E-state index is 12.8. The first-order valence-electron chi connectivity index (χ1n) is 6.19. The number of anilines is 2. The Balaban J connectivity index is 2.14. The third-order valence-corrected chi connectivity index (χ3v) is 2.76. The number of aldehydes is 1. The second-order valence-electron chi connectivity index (χ2n) is 4.37. The summed E-state index contributed by atoms with van der Waals surface area (Å²) in [5.41, 5.74) is -0.647. The highest BCUT2D eigenvalue weighted by Crippen LogP contribution is 2.34. The van der Waals surface area contributed by atoms with Crippen LogP contribution in [-0.4, -0.2) is 12.3 Å². The Morgan fingerprint density at radius 3 is 2.41 bits per heavy atom. The average Bonchev–Trinajstić information content (AvgIpc) is 2.46. The topological polar surface area (TPSA) is 58.2 Å². The van der Waals surface area contributed by atoms with Gasteiger partial charge in [-0.15, -0.1) is 0 Å². The first-order valence-corrected chi connectivity index (χ1v) is 6.19. The minimum absolute atomic E-state index is 0.298. The van der Waals surface area contributed by atoms with Gasteiger partial charge in [0.2, 0.25) is 0 Å². The van der Waals surface area contributed by atoms with Crippen LogP contribution >= 0.6 is 0 Å². The van der Waals surface area contributed by atoms with Gasteiger partial charge in [0.1, 0.15) is 6.29 Å². The summed E-state index contributed by atoms with van der Waals surface area (Å²) in [6, 6.07) is 9.83. The molecule has 2 amide bonds. The summed E-state index contributed by atoms with van der Waals surface area (Å²) < 4.78 is 38.4. The van der Waals surface area contributed by atoms with Crippen LogP contribution in [0, 0.1) is 0 Å². The van der Waals surface area contributed by atoms with Crippen molar-refractivity contribution in [3.8, 4) is 0 Å². The number of benzene rings is 2. The summed E-state index contributed by atoms with van der Waals surface area (Å²) in [7, 11) is 0. The van der Waals surface area contributed by atoms with Gasteiger partial charge in [-0.3, -0.25) is 4.79 Å². The molecule has 22 heavy (non-hydrogen) atoms. The maximum absolute atomic E-state index is 12.8. The molecule has 0 fully saturated rings. The smallest absolute Gasteiger partial charge is 0.308 e. The molecule has 0 unspecified atom stereocenters. The van der Waals surface area contributed by atoms with E-state index < -0.39 is 17.8 Å². The monoisotopic (exact) mass is 308 g/mol. The molecular weight excluding hydrogens is 297 g/mol. The largest absolute Gasteiger partial charge is 0.418 e. The van der Waals surface area contributed by atoms with Gasteiger partial charge < -0.3 is 10.6 Å². The van der Waals surface area contributed by atoms with Gasteiger partial charge in [0, 0.05) is 11.3 Å². The number of rotatable bonds is 3. The number of hydrogen-bond donors (Lipinski definition) is 2. The van der Waals surface area contributed by atoms with Crippen LogP contribution in [0.2, 0.25) is 0 Å². The third kappa shape index (κ3) is 3.85. The minimum Gasteiger partial charge on any atom is -0.308 e. The molecule has 4 nitrogen and oxygen atoms in total. The Bertz CT molecular complexity index is 699. The molecule has 0 aromatic heterocycles. The van der Waals surface area contributed by atoms with Crippen molar-refractivity contribution in [2.45, 2.75) is 6.18 Å². The van der Waals surface area contributed by atoms with E-state index in [0.29, 0.717) is 17.5 Å². The second kappa shape index (κ2) is 6.30. The molecule has 0 aliphatic heterocycles. The zero-order chi connectivity index (χ0) is 16.2. The molecule has 0 bridgehead atoms. The first kappa shape index (κ1) is 15.6. The lowest BCUT2D eigenvalue weighted by Gasteiger charge is -2.14. The lowest BCUT2D eigenvalue weighted by atomic mass is 10.1. The molecule has 0 saturated heterocycles. The SMILES string of the molecule is O=Cc1cccc(NC(=O)Nc2ccccc2C(F)(F)F)c1. The van der Waals surface area contributed by atoms with Gasteiger partial charge in [-0.25, -0.2) is 4.79 Å². The van der Waals surface area contributed by atoms with Crippen LogP contribution in [-0.2, 0) is 6.18 Å². The van der Waals surface area contributed by atoms with Crippen molar-refractivity contribution in [3.05, 3.63) is 59.7 Å². The number of carbonyl (C=O) groups is 2. The standard InChI is InChI=1S/C15H11F3N2O2/c16-15(17,18)12-6-1-2-7-13(12)20-14(22)19-11-5-3-4-10(8-11)9-21/h1-9H,(H2,19,20,22). The van der Waals surface area contributed by atoms with Crippen LogP contribution in [0.15, 0.2) is 48.5 Å². The molecule has 2 aromatic carbocycles. The maximum Gasteiger partial charge on any atom is 0.418 e. The zero-order valence-electron chi connectivity index (χ0n) is 11.1. The molecule has 114 valence electrons. The number of halogens is 3. The van der Waals surface area contributed by atoms with Crippen molar-refractivity contribution >= 4 is 23.7 Å². The van der Waals surface area contributed by atoms with Crippen molar-refractivity contribution < 1.29 is 22.8 Å². The molecule has 7 heteroatoms. The Kier molecular flexibility index (Phi) is 4.45. The van der Waals surface area contributed by atoms with Gasteiger partial charge >= 0.3 is 12.2 Å². The van der Waals surface area contributed by atoms with Crippen LogP contribution in [0.5, 0.6) is 0 Å². The molecule has 2 rings (SSSR count). The summed E-state index contributed by atoms with van der Waals surface area (Å²) in [4.78, 5) is 22.4. The van der Waals surface area contributed by atoms with Crippen LogP contribution in [0.1, 0.15) is 15.9 Å². The fourth-order valence-electron chi connectivity index (χ4n) is 1.81. The van der Waals surface area contributed by atoms with Crippen LogP contribution in [0.3, 0.4) is 0 Å². The highest BCUT2D eigenvalue weighted by Gasteiger charge is 2.33. The van der Waals surface area contributed by atoms with E-state index in [1.54, 1.807) is 6.07 Å². The van der Waals surface area contributed by atoms with E-state index in [1.807, 2.05) is 0 Å². The van der Waals surface area contributed by atoms with Crippen molar-refractivity contribution in [1.82, 2.24) is 0 Å². The predicted octanol–water partition coefficient (Wildman–Crippen LogP) is 4.16. The fraction of sp³-hybridized carbons (Fsp3) is 0.0667. The van der Waals surface area contributed by atoms with Gasteiger partial charge in [-0.2, -0.15) is 13.2 Å². The number of hydrogen-bond acceptors (Lipinski definition) is 2. The first-order chi connectivity index (χ1) is 10.4. The van der Waals surface area contributed by atoms with Gasteiger partial charge in [-0.05, 0) is 24.3 Å². The van der Waals surface area contributed by atoms with Gasteiger partial charge in [0.25, 0.3) is 0 Å². The molecular formula is C15H11F3N2O2. The summed E-state index contributed by atoms with van der Waals surface area (Å²) >= 11 is 0. The van der Waals surface area contributed by atoms with Crippen LogP contribution < -0.4 is 10.6 Å². The van der Waals surface area contributed by atoms with Crippen LogP contribution in [0.4, 0.5) is 29.3 Å². The summed E-state index contributed by atoms with van der Waals surface area (Å²) in [5, 5.41) is 4.51. The number of urea groups is 1. The normalized spacial score (nSPS) is 10.9. The Labute approximate surface area is 124 Å². The highest BCUT2D eigenvalue weighted by atomic mass is 19.4. The van der Waals surface area contributed by atoms with Crippen molar-refractivity contribution in [1.29, 1.82) is 0 Å². The molecule has 0 spiro atoms. The lowest BCUT2D eigenvalue weighted by Crippen LogP contribution is -2.21. The van der Waals surface area contributed by atoms with Crippen molar-refractivity contribution in [2.24, 2.45) is 0 Å². The van der Waals surface area contributed by atoms with E-state index in [9.17, 15) is 22.8 Å². The van der Waals surface area contributed by atoms with E-state index in [0.717, 1.165) is 12.1 Å². The Morgan fingerprint density at radius 1 is 1.00 bits per heavy atom. The van der Waals surface area contributed by atoms with E-state index in [-0.39, 0.29) is 5.69 Å². The molecule has 0 atom stereocenters. The quantitative estimate of drug-likeness (QED) is 0.836. The Morgan fingerprint density at radius 2 is 1.73 bits per heavy atom. The van der Waals surface area contributed by atoms with E-state index in [4.69, 9.17) is 0 Å². The number of nitrogens with one attached hydrogen (secondary N) is 2. The summed E-state index contributed by atoms with van der Waals surface area (Å²) in [6.45, 7) is 0. The molecule has 0 saturated carbocycles. The Hall–Kier alpha value is -2.83. The van der Waals surface area contributed by atoms with Crippen molar-refractivity contribution in [2.75, 3.05) is 10.6 Å². The average molecular weight is 308 g/mol. The molecule has 2 N–H and O–H groups in total. The van der Waals surface area contributed by atoms with Crippen LogP contribution in [0.25, 0.3) is 0 Å². The summed E-state index contributed by atoms with van der Waals surface area (Å²) in [6.07, 6.45) is -3.97. The molecule has 0 aliphatic rings. The second-order valence-corrected chi connectivity index (χ2v) is 4.37. The van der Waals surface area contributed by atoms with E-state index >= 15 is 0 Å². The van der Waals surface area contributed by atoms with Crippen molar-refractivity contribution in [3.63, 3.8) is 0 Å². The molecule has 2 aromatic rings. The number of alkyl halides is 3. The van der Waals surface area contributed by atoms with Gasteiger partial charge in [0.15, 0.2) is 0 Å². The highest BCUT2D eigenvalue weighted by molar-refractivity contribution is 6.00. The van der Waals surface area contributed by atoms with Gasteiger partial charge in [-0.1, -0.05) is 24.3 Å². The molecule has 0 aliphatic carbocycles. The van der Waals surface area contributed by atoms with E-state index in [2.05, 4.69) is 10.6 Å². The minimum atomic E-state index is -4.57.